The van der Waals surface area contributed by atoms with E-state index in [1.165, 1.54) is 0 Å². The topological polar surface area (TPSA) is 0 Å². The van der Waals surface area contributed by atoms with E-state index in [2.05, 4.69) is 0 Å². The molecule has 1 rings (SSSR count). The fourth-order valence-corrected chi connectivity index (χ4v) is 1.59. The van der Waals surface area contributed by atoms with Crippen molar-refractivity contribution >= 4 is 0 Å². The van der Waals surface area contributed by atoms with Crippen LogP contribution >= 0.6 is 0 Å². The average molecular weight is 326 g/mol. The summed E-state index contributed by atoms with van der Waals surface area (Å²) in [5.74, 6) is -23.8. The lowest BCUT2D eigenvalue weighted by Gasteiger charge is -2.33. The Morgan fingerprint density at radius 1 is 0.800 bits per heavy atom. The van der Waals surface area contributed by atoms with Crippen LogP contribution in [0.5, 0.6) is 0 Å². The summed E-state index contributed by atoms with van der Waals surface area (Å²) in [6.45, 7) is 0. The number of hydrogen-bond acceptors (Lipinski definition) is 0. The van der Waals surface area contributed by atoms with Gasteiger partial charge in [-0.3, -0.25) is 0 Å². The first-order valence-electron chi connectivity index (χ1n) is 4.46. The third-order valence-electron chi connectivity index (χ3n) is 2.52. The molecular weight excluding hydrogens is 324 g/mol. The van der Waals surface area contributed by atoms with Gasteiger partial charge in [0.2, 0.25) is 0 Å². The Morgan fingerprint density at radius 3 is 1.50 bits per heavy atom. The van der Waals surface area contributed by atoms with Crippen LogP contribution in [0.2, 0.25) is 0 Å². The SMILES string of the molecule is FC(F)(F)C1=CC(F)(F)C(F)(F)C1C(F)(F)C(F)(F)F. The first-order valence-corrected chi connectivity index (χ1v) is 4.46. The van der Waals surface area contributed by atoms with Crippen molar-refractivity contribution in [2.75, 3.05) is 0 Å². The van der Waals surface area contributed by atoms with Crippen LogP contribution in [0.1, 0.15) is 0 Å². The predicted molar refractivity (Wildman–Crippen MR) is 38.5 cm³/mol. The largest absolute Gasteiger partial charge is 0.454 e. The van der Waals surface area contributed by atoms with Gasteiger partial charge < -0.3 is 0 Å². The molecule has 0 nitrogen and oxygen atoms in total. The highest BCUT2D eigenvalue weighted by atomic mass is 19.4. The van der Waals surface area contributed by atoms with Crippen molar-refractivity contribution in [3.05, 3.63) is 11.6 Å². The summed E-state index contributed by atoms with van der Waals surface area (Å²) in [7, 11) is 0. The summed E-state index contributed by atoms with van der Waals surface area (Å²) in [5.41, 5.74) is -3.31. The molecule has 0 heterocycles. The minimum absolute atomic E-state index is 1.60. The van der Waals surface area contributed by atoms with Gasteiger partial charge in [0, 0.05) is 0 Å². The molecular formula is C8H2F12. The van der Waals surface area contributed by atoms with Gasteiger partial charge in [-0.2, -0.15) is 52.7 Å². The normalized spacial score (nSPS) is 26.6. The second kappa shape index (κ2) is 3.97. The number of hydrogen-bond donors (Lipinski definition) is 0. The van der Waals surface area contributed by atoms with Crippen molar-refractivity contribution in [1.29, 1.82) is 0 Å². The number of allylic oxidation sites excluding steroid dienone is 2. The van der Waals surface area contributed by atoms with Gasteiger partial charge >= 0.3 is 30.1 Å². The maximum absolute atomic E-state index is 12.9. The van der Waals surface area contributed by atoms with E-state index in [1.54, 1.807) is 0 Å². The number of rotatable bonds is 1. The van der Waals surface area contributed by atoms with Crippen LogP contribution in [0.25, 0.3) is 0 Å². The predicted octanol–water partition coefficient (Wildman–Crippen LogP) is 4.57. The molecule has 0 aromatic carbocycles. The summed E-state index contributed by atoms with van der Waals surface area (Å²) < 4.78 is 149. The summed E-state index contributed by atoms with van der Waals surface area (Å²) in [6.07, 6.45) is -14.6. The maximum Gasteiger partial charge on any atom is 0.454 e. The van der Waals surface area contributed by atoms with Crippen LogP contribution in [-0.2, 0) is 0 Å². The summed E-state index contributed by atoms with van der Waals surface area (Å²) in [5, 5.41) is 0. The van der Waals surface area contributed by atoms with Crippen molar-refractivity contribution in [3.63, 3.8) is 0 Å². The Morgan fingerprint density at radius 2 is 1.20 bits per heavy atom. The van der Waals surface area contributed by atoms with Gasteiger partial charge in [0.25, 0.3) is 0 Å². The summed E-state index contributed by atoms with van der Waals surface area (Å²) >= 11 is 0. The Bertz CT molecular complexity index is 422. The first kappa shape index (κ1) is 17.0. The molecule has 0 saturated carbocycles. The van der Waals surface area contributed by atoms with Crippen LogP contribution in [0.3, 0.4) is 0 Å². The molecule has 20 heavy (non-hydrogen) atoms. The van der Waals surface area contributed by atoms with Crippen molar-refractivity contribution in [3.8, 4) is 0 Å². The lowest BCUT2D eigenvalue weighted by Crippen LogP contribution is -2.55. The third-order valence-corrected chi connectivity index (χ3v) is 2.52. The second-order valence-corrected chi connectivity index (χ2v) is 3.90. The Kier molecular flexibility index (Phi) is 3.36. The zero-order valence-corrected chi connectivity index (χ0v) is 8.69. The quantitative estimate of drug-likeness (QED) is 0.489. The first-order chi connectivity index (χ1) is 8.46. The van der Waals surface area contributed by atoms with Crippen molar-refractivity contribution in [2.24, 2.45) is 5.92 Å². The van der Waals surface area contributed by atoms with E-state index >= 15 is 0 Å². The molecule has 0 saturated heterocycles. The van der Waals surface area contributed by atoms with Crippen molar-refractivity contribution < 1.29 is 52.7 Å². The highest BCUT2D eigenvalue weighted by Gasteiger charge is 2.80. The van der Waals surface area contributed by atoms with Crippen LogP contribution in [0.15, 0.2) is 11.6 Å². The van der Waals surface area contributed by atoms with Crippen molar-refractivity contribution in [2.45, 2.75) is 30.1 Å². The van der Waals surface area contributed by atoms with Gasteiger partial charge in [0.05, 0.1) is 5.57 Å². The zero-order valence-electron chi connectivity index (χ0n) is 8.69. The maximum atomic E-state index is 12.9. The van der Waals surface area contributed by atoms with E-state index < -0.39 is 47.7 Å². The molecule has 0 bridgehead atoms. The van der Waals surface area contributed by atoms with E-state index in [0.29, 0.717) is 0 Å². The Hall–Kier alpha value is -1.10. The van der Waals surface area contributed by atoms with Gasteiger partial charge in [-0.1, -0.05) is 0 Å². The fourth-order valence-electron chi connectivity index (χ4n) is 1.59. The zero-order chi connectivity index (χ0) is 16.4. The molecule has 1 aliphatic carbocycles. The van der Waals surface area contributed by atoms with Gasteiger partial charge in [0.1, 0.15) is 5.92 Å². The molecule has 0 aromatic rings. The van der Waals surface area contributed by atoms with Crippen molar-refractivity contribution in [1.82, 2.24) is 0 Å². The molecule has 12 heteroatoms. The van der Waals surface area contributed by atoms with Gasteiger partial charge in [0.15, 0.2) is 0 Å². The number of alkyl halides is 12. The van der Waals surface area contributed by atoms with Gasteiger partial charge in [-0.05, 0) is 6.08 Å². The average Bonchev–Trinajstić information content (AvgIpc) is 2.30. The van der Waals surface area contributed by atoms with E-state index in [4.69, 9.17) is 0 Å². The molecule has 0 spiro atoms. The lowest BCUT2D eigenvalue weighted by atomic mass is 9.89. The molecule has 0 aromatic heterocycles. The molecule has 0 radical (unpaired) electrons. The van der Waals surface area contributed by atoms with E-state index in [0.717, 1.165) is 0 Å². The smallest absolute Gasteiger partial charge is 0.199 e. The molecule has 1 aliphatic rings. The van der Waals surface area contributed by atoms with Crippen LogP contribution < -0.4 is 0 Å². The molecule has 0 N–H and O–H groups in total. The minimum atomic E-state index is -6.86. The standard InChI is InChI=1S/C8H2F12/c9-4(10)1-2(7(15,16)17)3(5(4,11)12)6(13,14)8(18,19)20/h1,3H. The highest BCUT2D eigenvalue weighted by Crippen LogP contribution is 2.61. The minimum Gasteiger partial charge on any atom is -0.199 e. The monoisotopic (exact) mass is 326 g/mol. The van der Waals surface area contributed by atoms with Crippen LogP contribution in [0, 0.1) is 5.92 Å². The highest BCUT2D eigenvalue weighted by molar-refractivity contribution is 5.33. The van der Waals surface area contributed by atoms with Crippen LogP contribution in [0.4, 0.5) is 52.7 Å². The summed E-state index contributed by atoms with van der Waals surface area (Å²) in [4.78, 5) is 0. The van der Waals surface area contributed by atoms with E-state index in [9.17, 15) is 52.7 Å². The molecule has 1 unspecified atom stereocenters. The fraction of sp³-hybridized carbons (Fsp3) is 0.750. The van der Waals surface area contributed by atoms with E-state index in [1.807, 2.05) is 0 Å². The second-order valence-electron chi connectivity index (χ2n) is 3.90. The van der Waals surface area contributed by atoms with Gasteiger partial charge in [-0.15, -0.1) is 0 Å². The number of halogens is 12. The van der Waals surface area contributed by atoms with Gasteiger partial charge in [-0.25, -0.2) is 0 Å². The van der Waals surface area contributed by atoms with E-state index in [-0.39, 0.29) is 0 Å². The molecule has 0 amide bonds. The molecule has 118 valence electrons. The Balaban J connectivity index is 3.53. The Labute approximate surface area is 102 Å². The molecule has 1 atom stereocenters. The molecule has 0 aliphatic heterocycles. The third kappa shape index (κ3) is 2.22. The summed E-state index contributed by atoms with van der Waals surface area (Å²) in [6, 6.07) is 0. The van der Waals surface area contributed by atoms with Crippen LogP contribution in [-0.4, -0.2) is 30.1 Å². The molecule has 0 fully saturated rings. The lowest BCUT2D eigenvalue weighted by molar-refractivity contribution is -0.337.